The standard InChI is InChI=1S/C17H11F5N2O3S2/c1-8-4-9(2-3-11(8)17(20,21)22)24-14(7-28-16(24)25)10-5-13(19)15(6-12(10)18)29(23,26)27/h2-7H,1H3,(H2,23,26,27). The van der Waals surface area contributed by atoms with E-state index in [1.54, 1.807) is 0 Å². The summed E-state index contributed by atoms with van der Waals surface area (Å²) in [5.41, 5.74) is -1.68. The summed E-state index contributed by atoms with van der Waals surface area (Å²) in [5, 5.41) is 6.01. The minimum absolute atomic E-state index is 0.00656. The third-order valence-corrected chi connectivity index (χ3v) is 5.72. The number of alkyl halides is 3. The molecule has 0 aliphatic rings. The molecule has 12 heteroatoms. The van der Waals surface area contributed by atoms with Gasteiger partial charge in [0.25, 0.3) is 0 Å². The molecule has 0 saturated heterocycles. The zero-order valence-corrected chi connectivity index (χ0v) is 16.1. The third-order valence-electron chi connectivity index (χ3n) is 4.07. The second-order valence-corrected chi connectivity index (χ2v) is 8.38. The lowest BCUT2D eigenvalue weighted by Gasteiger charge is -2.14. The lowest BCUT2D eigenvalue weighted by Crippen LogP contribution is -2.16. The highest BCUT2D eigenvalue weighted by Crippen LogP contribution is 2.34. The van der Waals surface area contributed by atoms with Crippen molar-refractivity contribution >= 4 is 21.4 Å². The SMILES string of the molecule is Cc1cc(-n2c(-c3cc(F)c(S(N)(=O)=O)cc3F)csc2=O)ccc1C(F)(F)F. The zero-order chi connectivity index (χ0) is 21.7. The maximum Gasteiger partial charge on any atom is 0.416 e. The van der Waals surface area contributed by atoms with Crippen LogP contribution in [0, 0.1) is 18.6 Å². The largest absolute Gasteiger partial charge is 0.416 e. The van der Waals surface area contributed by atoms with Crippen molar-refractivity contribution in [2.45, 2.75) is 18.0 Å². The van der Waals surface area contributed by atoms with Crippen molar-refractivity contribution in [2.24, 2.45) is 5.14 Å². The highest BCUT2D eigenvalue weighted by molar-refractivity contribution is 7.89. The predicted octanol–water partition coefficient (Wildman–Crippen LogP) is 3.82. The molecule has 154 valence electrons. The fourth-order valence-electron chi connectivity index (χ4n) is 2.79. The lowest BCUT2D eigenvalue weighted by molar-refractivity contribution is -0.138. The van der Waals surface area contributed by atoms with Crippen LogP contribution >= 0.6 is 11.3 Å². The van der Waals surface area contributed by atoms with Crippen molar-refractivity contribution in [1.82, 2.24) is 4.57 Å². The highest BCUT2D eigenvalue weighted by Gasteiger charge is 2.32. The zero-order valence-electron chi connectivity index (χ0n) is 14.4. The van der Waals surface area contributed by atoms with Gasteiger partial charge in [0.15, 0.2) is 0 Å². The van der Waals surface area contributed by atoms with Crippen LogP contribution in [0.2, 0.25) is 0 Å². The molecule has 0 fully saturated rings. The highest BCUT2D eigenvalue weighted by atomic mass is 32.2. The Morgan fingerprint density at radius 3 is 2.28 bits per heavy atom. The lowest BCUT2D eigenvalue weighted by atomic mass is 10.1. The minimum Gasteiger partial charge on any atom is -0.267 e. The Labute approximate surface area is 164 Å². The molecule has 2 aromatic carbocycles. The van der Waals surface area contributed by atoms with E-state index in [0.29, 0.717) is 23.5 Å². The van der Waals surface area contributed by atoms with Crippen LogP contribution in [0.25, 0.3) is 16.9 Å². The first kappa shape index (κ1) is 21.1. The molecule has 0 amide bonds. The van der Waals surface area contributed by atoms with E-state index in [-0.39, 0.29) is 16.9 Å². The van der Waals surface area contributed by atoms with Gasteiger partial charge in [-0.1, -0.05) is 11.3 Å². The van der Waals surface area contributed by atoms with Crippen molar-refractivity contribution < 1.29 is 30.4 Å². The van der Waals surface area contributed by atoms with Crippen molar-refractivity contribution in [3.63, 3.8) is 0 Å². The van der Waals surface area contributed by atoms with Gasteiger partial charge in [-0.05, 0) is 42.8 Å². The van der Waals surface area contributed by atoms with E-state index in [1.165, 1.54) is 12.3 Å². The second-order valence-electron chi connectivity index (χ2n) is 6.03. The van der Waals surface area contributed by atoms with E-state index in [4.69, 9.17) is 5.14 Å². The Kier molecular flexibility index (Phi) is 5.13. The number of thiazole rings is 1. The molecule has 1 aromatic heterocycles. The van der Waals surface area contributed by atoms with E-state index in [1.807, 2.05) is 0 Å². The molecule has 29 heavy (non-hydrogen) atoms. The van der Waals surface area contributed by atoms with Gasteiger partial charge in [-0.25, -0.2) is 22.3 Å². The molecule has 3 aromatic rings. The van der Waals surface area contributed by atoms with Crippen LogP contribution in [0.5, 0.6) is 0 Å². The van der Waals surface area contributed by atoms with Crippen molar-refractivity contribution in [2.75, 3.05) is 0 Å². The molecule has 5 nitrogen and oxygen atoms in total. The molecular weight excluding hydrogens is 439 g/mol. The normalized spacial score (nSPS) is 12.4. The Balaban J connectivity index is 2.22. The maximum absolute atomic E-state index is 14.5. The molecular formula is C17H11F5N2O3S2. The molecule has 0 aliphatic carbocycles. The van der Waals surface area contributed by atoms with Crippen LogP contribution in [0.4, 0.5) is 22.0 Å². The van der Waals surface area contributed by atoms with E-state index in [9.17, 15) is 35.2 Å². The average Bonchev–Trinajstić information content (AvgIpc) is 2.95. The molecule has 0 radical (unpaired) electrons. The predicted molar refractivity (Wildman–Crippen MR) is 96.4 cm³/mol. The fourth-order valence-corrected chi connectivity index (χ4v) is 4.14. The van der Waals surface area contributed by atoms with Gasteiger partial charge in [-0.3, -0.25) is 9.36 Å². The smallest absolute Gasteiger partial charge is 0.267 e. The first-order valence-electron chi connectivity index (χ1n) is 7.71. The van der Waals surface area contributed by atoms with Gasteiger partial charge in [0.2, 0.25) is 10.0 Å². The van der Waals surface area contributed by atoms with Crippen LogP contribution in [-0.2, 0) is 16.2 Å². The monoisotopic (exact) mass is 450 g/mol. The van der Waals surface area contributed by atoms with E-state index in [2.05, 4.69) is 0 Å². The third kappa shape index (κ3) is 3.95. The summed E-state index contributed by atoms with van der Waals surface area (Å²) >= 11 is 0.614. The van der Waals surface area contributed by atoms with Gasteiger partial charge in [0.1, 0.15) is 16.5 Å². The summed E-state index contributed by atoms with van der Waals surface area (Å²) in [4.78, 5) is 10.5. The summed E-state index contributed by atoms with van der Waals surface area (Å²) in [7, 11) is -4.52. The Morgan fingerprint density at radius 2 is 1.72 bits per heavy atom. The Hall–Kier alpha value is -2.57. The first-order valence-corrected chi connectivity index (χ1v) is 10.1. The summed E-state index contributed by atoms with van der Waals surface area (Å²) in [6.45, 7) is 1.20. The Bertz CT molecular complexity index is 1280. The summed E-state index contributed by atoms with van der Waals surface area (Å²) in [6, 6.07) is 3.84. The topological polar surface area (TPSA) is 82.2 Å². The number of hydrogen-bond donors (Lipinski definition) is 1. The van der Waals surface area contributed by atoms with Crippen molar-refractivity contribution in [3.8, 4) is 16.9 Å². The summed E-state index contributed by atoms with van der Waals surface area (Å²) in [5.74, 6) is -2.51. The van der Waals surface area contributed by atoms with Crippen LogP contribution in [-0.4, -0.2) is 13.0 Å². The molecule has 0 bridgehead atoms. The van der Waals surface area contributed by atoms with Crippen LogP contribution in [0.3, 0.4) is 0 Å². The van der Waals surface area contributed by atoms with Gasteiger partial charge < -0.3 is 0 Å². The number of aryl methyl sites for hydroxylation is 1. The molecule has 3 rings (SSSR count). The maximum atomic E-state index is 14.5. The summed E-state index contributed by atoms with van der Waals surface area (Å²) in [6.07, 6.45) is -4.59. The molecule has 0 unspecified atom stereocenters. The number of nitrogens with two attached hydrogens (primary N) is 1. The molecule has 2 N–H and O–H groups in total. The van der Waals surface area contributed by atoms with Gasteiger partial charge in [0.05, 0.1) is 16.9 Å². The minimum atomic E-state index is -4.59. The average molecular weight is 450 g/mol. The van der Waals surface area contributed by atoms with Crippen molar-refractivity contribution in [3.05, 3.63) is 68.1 Å². The van der Waals surface area contributed by atoms with E-state index >= 15 is 0 Å². The van der Waals surface area contributed by atoms with E-state index in [0.717, 1.165) is 22.8 Å². The fraction of sp³-hybridized carbons (Fsp3) is 0.118. The molecule has 0 atom stereocenters. The number of nitrogens with zero attached hydrogens (tertiary/aromatic N) is 1. The number of aromatic nitrogens is 1. The van der Waals surface area contributed by atoms with E-state index < -0.39 is 48.7 Å². The van der Waals surface area contributed by atoms with Crippen LogP contribution in [0.15, 0.2) is 45.4 Å². The van der Waals surface area contributed by atoms with Gasteiger partial charge >= 0.3 is 11.0 Å². The van der Waals surface area contributed by atoms with Crippen LogP contribution < -0.4 is 10.0 Å². The number of hydrogen-bond acceptors (Lipinski definition) is 4. The number of benzene rings is 2. The quantitative estimate of drug-likeness (QED) is 0.616. The number of halogens is 5. The number of rotatable bonds is 3. The van der Waals surface area contributed by atoms with Crippen molar-refractivity contribution in [1.29, 1.82) is 0 Å². The number of sulfonamides is 1. The summed E-state index contributed by atoms with van der Waals surface area (Å²) < 4.78 is 91.1. The second kappa shape index (κ2) is 7.04. The van der Waals surface area contributed by atoms with Crippen LogP contribution in [0.1, 0.15) is 11.1 Å². The number of primary sulfonamides is 1. The van der Waals surface area contributed by atoms with Gasteiger partial charge in [-0.15, -0.1) is 0 Å². The molecule has 0 spiro atoms. The first-order chi connectivity index (χ1) is 13.3. The van der Waals surface area contributed by atoms with Gasteiger partial charge in [0, 0.05) is 10.9 Å². The molecule has 0 saturated carbocycles. The Morgan fingerprint density at radius 1 is 1.07 bits per heavy atom. The molecule has 0 aliphatic heterocycles. The molecule has 1 heterocycles. The van der Waals surface area contributed by atoms with Gasteiger partial charge in [-0.2, -0.15) is 13.2 Å².